The quantitative estimate of drug-likeness (QED) is 0.841. The van der Waals surface area contributed by atoms with Crippen molar-refractivity contribution < 1.29 is 17.6 Å². The van der Waals surface area contributed by atoms with Crippen molar-refractivity contribution in [3.8, 4) is 11.5 Å². The highest BCUT2D eigenvalue weighted by atomic mass is 32.2. The first-order chi connectivity index (χ1) is 12.3. The van der Waals surface area contributed by atoms with Crippen molar-refractivity contribution in [2.24, 2.45) is 5.92 Å². The van der Waals surface area contributed by atoms with Crippen molar-refractivity contribution in [1.29, 1.82) is 0 Å². The van der Waals surface area contributed by atoms with Crippen LogP contribution in [0.2, 0.25) is 0 Å². The Morgan fingerprint density at radius 3 is 2.50 bits per heavy atom. The smallest absolute Gasteiger partial charge is 0.247 e. The maximum absolute atomic E-state index is 12.3. The summed E-state index contributed by atoms with van der Waals surface area (Å²) in [6.07, 6.45) is 2.21. The zero-order valence-electron chi connectivity index (χ0n) is 14.8. The van der Waals surface area contributed by atoms with E-state index in [0.29, 0.717) is 37.7 Å². The lowest BCUT2D eigenvalue weighted by atomic mass is 9.97. The lowest BCUT2D eigenvalue weighted by Gasteiger charge is -2.29. The van der Waals surface area contributed by atoms with Crippen molar-refractivity contribution in [2.45, 2.75) is 26.3 Å². The SMILES string of the molecule is Cc1ccc(-c2nnc(CNC(=O)C3CCN(S(C)(=O)=O)CC3)o2)cc1. The van der Waals surface area contributed by atoms with Crippen LogP contribution in [0.3, 0.4) is 0 Å². The number of amides is 1. The summed E-state index contributed by atoms with van der Waals surface area (Å²) in [7, 11) is -3.19. The number of benzene rings is 1. The molecule has 1 fully saturated rings. The molecule has 1 saturated heterocycles. The molecule has 0 bridgehead atoms. The van der Waals surface area contributed by atoms with E-state index in [2.05, 4.69) is 15.5 Å². The first-order valence-corrected chi connectivity index (χ1v) is 10.3. The number of aromatic nitrogens is 2. The Hall–Kier alpha value is -2.26. The van der Waals surface area contributed by atoms with Gasteiger partial charge in [-0.15, -0.1) is 10.2 Å². The molecule has 0 radical (unpaired) electrons. The van der Waals surface area contributed by atoms with E-state index >= 15 is 0 Å². The van der Waals surface area contributed by atoms with E-state index in [4.69, 9.17) is 4.42 Å². The van der Waals surface area contributed by atoms with Crippen LogP contribution in [0, 0.1) is 12.8 Å². The Kier molecular flexibility index (Phi) is 5.38. The molecule has 1 aliphatic heterocycles. The van der Waals surface area contributed by atoms with Gasteiger partial charge in [0.05, 0.1) is 12.8 Å². The van der Waals surface area contributed by atoms with Gasteiger partial charge in [-0.05, 0) is 31.9 Å². The van der Waals surface area contributed by atoms with E-state index in [1.807, 2.05) is 31.2 Å². The summed E-state index contributed by atoms with van der Waals surface area (Å²) in [5.74, 6) is 0.430. The molecule has 2 heterocycles. The lowest BCUT2D eigenvalue weighted by molar-refractivity contribution is -0.126. The van der Waals surface area contributed by atoms with E-state index in [9.17, 15) is 13.2 Å². The summed E-state index contributed by atoms with van der Waals surface area (Å²) in [5, 5.41) is 10.8. The van der Waals surface area contributed by atoms with Crippen LogP contribution in [0.4, 0.5) is 0 Å². The molecular weight excluding hydrogens is 356 g/mol. The number of hydrogen-bond acceptors (Lipinski definition) is 6. The predicted molar refractivity (Wildman–Crippen MR) is 95.5 cm³/mol. The Morgan fingerprint density at radius 1 is 1.23 bits per heavy atom. The Balaban J connectivity index is 1.52. The van der Waals surface area contributed by atoms with E-state index in [1.165, 1.54) is 10.6 Å². The molecule has 0 unspecified atom stereocenters. The lowest BCUT2D eigenvalue weighted by Crippen LogP contribution is -2.42. The minimum atomic E-state index is -3.19. The normalized spacial score (nSPS) is 16.5. The number of nitrogens with one attached hydrogen (secondary N) is 1. The molecule has 1 aromatic heterocycles. The molecule has 8 nitrogen and oxygen atoms in total. The molecule has 26 heavy (non-hydrogen) atoms. The van der Waals surface area contributed by atoms with Gasteiger partial charge in [-0.1, -0.05) is 17.7 Å². The van der Waals surface area contributed by atoms with Gasteiger partial charge in [-0.25, -0.2) is 12.7 Å². The van der Waals surface area contributed by atoms with Crippen molar-refractivity contribution in [2.75, 3.05) is 19.3 Å². The zero-order valence-corrected chi connectivity index (χ0v) is 15.6. The Bertz CT molecular complexity index is 868. The molecule has 3 rings (SSSR count). The maximum atomic E-state index is 12.3. The first-order valence-electron chi connectivity index (χ1n) is 8.45. The molecule has 0 atom stereocenters. The second-order valence-electron chi connectivity index (χ2n) is 6.52. The van der Waals surface area contributed by atoms with Gasteiger partial charge in [0, 0.05) is 24.6 Å². The summed E-state index contributed by atoms with van der Waals surface area (Å²) >= 11 is 0. The molecule has 0 saturated carbocycles. The van der Waals surface area contributed by atoms with Gasteiger partial charge in [0.1, 0.15) is 0 Å². The number of carbonyl (C=O) groups excluding carboxylic acids is 1. The number of nitrogens with zero attached hydrogens (tertiary/aromatic N) is 3. The molecule has 2 aromatic rings. The summed E-state index contributed by atoms with van der Waals surface area (Å²) in [6.45, 7) is 2.90. The number of sulfonamides is 1. The van der Waals surface area contributed by atoms with E-state index < -0.39 is 10.0 Å². The van der Waals surface area contributed by atoms with E-state index in [0.717, 1.165) is 11.1 Å². The van der Waals surface area contributed by atoms with Crippen molar-refractivity contribution in [3.05, 3.63) is 35.7 Å². The average Bonchev–Trinajstić information content (AvgIpc) is 3.08. The fraction of sp³-hybridized carbons (Fsp3) is 0.471. The highest BCUT2D eigenvalue weighted by Crippen LogP contribution is 2.20. The summed E-state index contributed by atoms with van der Waals surface area (Å²) < 4.78 is 30.0. The third-order valence-corrected chi connectivity index (χ3v) is 5.78. The maximum Gasteiger partial charge on any atom is 0.247 e. The monoisotopic (exact) mass is 378 g/mol. The molecule has 1 amide bonds. The predicted octanol–water partition coefficient (Wildman–Crippen LogP) is 1.33. The van der Waals surface area contributed by atoms with Crippen LogP contribution < -0.4 is 5.32 Å². The molecule has 1 aromatic carbocycles. The average molecular weight is 378 g/mol. The van der Waals surface area contributed by atoms with Gasteiger partial charge in [0.2, 0.25) is 27.7 Å². The van der Waals surface area contributed by atoms with Gasteiger partial charge < -0.3 is 9.73 Å². The highest BCUT2D eigenvalue weighted by Gasteiger charge is 2.28. The van der Waals surface area contributed by atoms with Crippen LogP contribution in [0.5, 0.6) is 0 Å². The van der Waals surface area contributed by atoms with E-state index in [-0.39, 0.29) is 18.4 Å². The topological polar surface area (TPSA) is 105 Å². The van der Waals surface area contributed by atoms with Crippen LogP contribution >= 0.6 is 0 Å². The van der Waals surface area contributed by atoms with Crippen LogP contribution in [0.1, 0.15) is 24.3 Å². The van der Waals surface area contributed by atoms with Crippen LogP contribution in [-0.4, -0.2) is 48.2 Å². The molecule has 0 spiro atoms. The molecule has 140 valence electrons. The Morgan fingerprint density at radius 2 is 1.88 bits per heavy atom. The summed E-state index contributed by atoms with van der Waals surface area (Å²) in [6, 6.07) is 7.73. The minimum Gasteiger partial charge on any atom is -0.419 e. The second kappa shape index (κ2) is 7.55. The summed E-state index contributed by atoms with van der Waals surface area (Å²) in [4.78, 5) is 12.3. The second-order valence-corrected chi connectivity index (χ2v) is 8.50. The largest absolute Gasteiger partial charge is 0.419 e. The van der Waals surface area contributed by atoms with Gasteiger partial charge in [-0.2, -0.15) is 0 Å². The van der Waals surface area contributed by atoms with Crippen molar-refractivity contribution in [1.82, 2.24) is 19.8 Å². The number of rotatable bonds is 5. The third kappa shape index (κ3) is 4.47. The molecule has 0 aliphatic carbocycles. The van der Waals surface area contributed by atoms with Gasteiger partial charge in [0.25, 0.3) is 0 Å². The van der Waals surface area contributed by atoms with Crippen molar-refractivity contribution >= 4 is 15.9 Å². The van der Waals surface area contributed by atoms with Gasteiger partial charge >= 0.3 is 0 Å². The number of piperidine rings is 1. The fourth-order valence-corrected chi connectivity index (χ4v) is 3.77. The van der Waals surface area contributed by atoms with Gasteiger partial charge in [0.15, 0.2) is 0 Å². The Labute approximate surface area is 152 Å². The number of hydrogen-bond donors (Lipinski definition) is 1. The minimum absolute atomic E-state index is 0.117. The molecule has 1 aliphatic rings. The van der Waals surface area contributed by atoms with Crippen LogP contribution in [-0.2, 0) is 21.4 Å². The first kappa shape index (κ1) is 18.5. The number of carbonyl (C=O) groups is 1. The van der Waals surface area contributed by atoms with E-state index in [1.54, 1.807) is 0 Å². The standard InChI is InChI=1S/C17H22N4O4S/c1-12-3-5-14(6-4-12)17-20-19-15(25-17)11-18-16(22)13-7-9-21(10-8-13)26(2,23)24/h3-6,13H,7-11H2,1-2H3,(H,18,22). The number of aryl methyl sites for hydroxylation is 1. The molecular formula is C17H22N4O4S. The van der Waals surface area contributed by atoms with Crippen LogP contribution in [0.25, 0.3) is 11.5 Å². The molecule has 9 heteroatoms. The fourth-order valence-electron chi connectivity index (χ4n) is 2.89. The third-order valence-electron chi connectivity index (χ3n) is 4.47. The highest BCUT2D eigenvalue weighted by molar-refractivity contribution is 7.88. The zero-order chi connectivity index (χ0) is 18.7. The van der Waals surface area contributed by atoms with Crippen molar-refractivity contribution in [3.63, 3.8) is 0 Å². The van der Waals surface area contributed by atoms with Crippen LogP contribution in [0.15, 0.2) is 28.7 Å². The van der Waals surface area contributed by atoms with Gasteiger partial charge in [-0.3, -0.25) is 4.79 Å². The summed E-state index contributed by atoms with van der Waals surface area (Å²) in [5.41, 5.74) is 1.97. The molecule has 1 N–H and O–H groups in total.